The highest BCUT2D eigenvalue weighted by molar-refractivity contribution is 6.29. The fourth-order valence-electron chi connectivity index (χ4n) is 2.11. The summed E-state index contributed by atoms with van der Waals surface area (Å²) in [6.07, 6.45) is 2.26. The quantitative estimate of drug-likeness (QED) is 0.635. The average Bonchev–Trinajstić information content (AvgIpc) is 3.36. The molecule has 0 aliphatic heterocycles. The fourth-order valence-corrected chi connectivity index (χ4v) is 2.30. The van der Waals surface area contributed by atoms with E-state index in [0.29, 0.717) is 35.5 Å². The number of aromatic nitrogens is 2. The molecule has 0 saturated heterocycles. The van der Waals surface area contributed by atoms with Crippen LogP contribution in [0.25, 0.3) is 0 Å². The Morgan fingerprint density at radius 2 is 1.95 bits per heavy atom. The molecule has 3 rings (SSSR count). The number of hydrogen-bond acceptors (Lipinski definition) is 4. The highest BCUT2D eigenvalue weighted by Crippen LogP contribution is 2.38. The van der Waals surface area contributed by atoms with Crippen LogP contribution >= 0.6 is 11.6 Å². The molecule has 0 atom stereocenters. The molecule has 1 heterocycles. The lowest BCUT2D eigenvalue weighted by Gasteiger charge is -2.09. The molecule has 1 fully saturated rings. The monoisotopic (exact) mass is 316 g/mol. The Hall–Kier alpha value is -2.14. The first-order chi connectivity index (χ1) is 10.7. The van der Waals surface area contributed by atoms with Crippen molar-refractivity contribution in [3.8, 4) is 0 Å². The van der Waals surface area contributed by atoms with Gasteiger partial charge in [-0.15, -0.1) is 0 Å². The molecule has 1 aromatic heterocycles. The van der Waals surface area contributed by atoms with Gasteiger partial charge >= 0.3 is 0 Å². The number of nitrogens with one attached hydrogen (secondary N) is 2. The van der Waals surface area contributed by atoms with Crippen LogP contribution in [-0.2, 0) is 0 Å². The first-order valence-corrected chi connectivity index (χ1v) is 7.72. The van der Waals surface area contributed by atoms with Gasteiger partial charge in [-0.3, -0.25) is 4.79 Å². The number of anilines is 1. The Balaban J connectivity index is 1.48. The maximum atomic E-state index is 11.9. The summed E-state index contributed by atoms with van der Waals surface area (Å²) in [5.74, 6) is 1.89. The number of amides is 1. The molecule has 5 nitrogen and oxygen atoms in total. The van der Waals surface area contributed by atoms with Crippen molar-refractivity contribution in [1.82, 2.24) is 15.3 Å². The number of benzene rings is 1. The SMILES string of the molecule is O=C(NCCNc1cc(Cl)nc(C2CC2)n1)c1ccccc1. The lowest BCUT2D eigenvalue weighted by atomic mass is 10.2. The molecular weight excluding hydrogens is 300 g/mol. The molecule has 2 aromatic rings. The largest absolute Gasteiger partial charge is 0.368 e. The van der Waals surface area contributed by atoms with E-state index in [1.165, 1.54) is 0 Å². The number of carbonyl (C=O) groups excluding carboxylic acids is 1. The standard InChI is InChI=1S/C16H17ClN4O/c17-13-10-14(21-15(20-13)11-6-7-11)18-8-9-19-16(22)12-4-2-1-3-5-12/h1-5,10-11H,6-9H2,(H,19,22)(H,18,20,21). The molecule has 0 bridgehead atoms. The molecule has 0 spiro atoms. The van der Waals surface area contributed by atoms with Gasteiger partial charge in [0.1, 0.15) is 16.8 Å². The van der Waals surface area contributed by atoms with Crippen LogP contribution < -0.4 is 10.6 Å². The topological polar surface area (TPSA) is 66.9 Å². The van der Waals surface area contributed by atoms with Crippen molar-refractivity contribution in [1.29, 1.82) is 0 Å². The van der Waals surface area contributed by atoms with E-state index in [0.717, 1.165) is 18.7 Å². The van der Waals surface area contributed by atoms with Gasteiger partial charge < -0.3 is 10.6 Å². The molecule has 1 aliphatic carbocycles. The normalized spacial score (nSPS) is 13.7. The summed E-state index contributed by atoms with van der Waals surface area (Å²) < 4.78 is 0. The number of carbonyl (C=O) groups is 1. The van der Waals surface area contributed by atoms with E-state index in [4.69, 9.17) is 11.6 Å². The van der Waals surface area contributed by atoms with E-state index in [2.05, 4.69) is 20.6 Å². The van der Waals surface area contributed by atoms with Gasteiger partial charge in [0.25, 0.3) is 5.91 Å². The molecule has 114 valence electrons. The smallest absolute Gasteiger partial charge is 0.251 e. The first-order valence-electron chi connectivity index (χ1n) is 7.34. The zero-order valence-corrected chi connectivity index (χ0v) is 12.8. The molecule has 1 saturated carbocycles. The minimum Gasteiger partial charge on any atom is -0.368 e. The zero-order valence-electron chi connectivity index (χ0n) is 12.1. The van der Waals surface area contributed by atoms with E-state index in [1.807, 2.05) is 18.2 Å². The fraction of sp³-hybridized carbons (Fsp3) is 0.312. The van der Waals surface area contributed by atoms with Crippen molar-refractivity contribution >= 4 is 23.3 Å². The maximum absolute atomic E-state index is 11.9. The Morgan fingerprint density at radius 1 is 1.18 bits per heavy atom. The molecule has 1 aliphatic rings. The lowest BCUT2D eigenvalue weighted by molar-refractivity contribution is 0.0955. The Morgan fingerprint density at radius 3 is 2.68 bits per heavy atom. The summed E-state index contributed by atoms with van der Waals surface area (Å²) in [5, 5.41) is 6.47. The molecule has 1 aromatic carbocycles. The number of hydrogen-bond donors (Lipinski definition) is 2. The number of nitrogens with zero attached hydrogens (tertiary/aromatic N) is 2. The van der Waals surface area contributed by atoms with E-state index in [9.17, 15) is 4.79 Å². The van der Waals surface area contributed by atoms with E-state index >= 15 is 0 Å². The lowest BCUT2D eigenvalue weighted by Crippen LogP contribution is -2.28. The van der Waals surface area contributed by atoms with Crippen LogP contribution in [0.3, 0.4) is 0 Å². The van der Waals surface area contributed by atoms with Crippen LogP contribution in [0.15, 0.2) is 36.4 Å². The first kappa shape index (κ1) is 14.8. The van der Waals surface area contributed by atoms with Crippen LogP contribution in [-0.4, -0.2) is 29.0 Å². The van der Waals surface area contributed by atoms with E-state index < -0.39 is 0 Å². The van der Waals surface area contributed by atoms with Gasteiger partial charge in [-0.1, -0.05) is 29.8 Å². The summed E-state index contributed by atoms with van der Waals surface area (Å²) in [4.78, 5) is 20.6. The van der Waals surface area contributed by atoms with Crippen molar-refractivity contribution in [3.63, 3.8) is 0 Å². The van der Waals surface area contributed by atoms with E-state index in [-0.39, 0.29) is 5.91 Å². The third-order valence-corrected chi connectivity index (χ3v) is 3.60. The second-order valence-corrected chi connectivity index (χ2v) is 5.64. The summed E-state index contributed by atoms with van der Waals surface area (Å²) in [6, 6.07) is 10.8. The van der Waals surface area contributed by atoms with Gasteiger partial charge in [-0.2, -0.15) is 0 Å². The minimum atomic E-state index is -0.0817. The van der Waals surface area contributed by atoms with Gasteiger partial charge in [0.2, 0.25) is 0 Å². The molecule has 1 amide bonds. The predicted molar refractivity (Wildman–Crippen MR) is 86.3 cm³/mol. The summed E-state index contributed by atoms with van der Waals surface area (Å²) in [5.41, 5.74) is 0.656. The van der Waals surface area contributed by atoms with Crippen LogP contribution in [0, 0.1) is 0 Å². The molecule has 6 heteroatoms. The van der Waals surface area contributed by atoms with Crippen molar-refractivity contribution < 1.29 is 4.79 Å². The van der Waals surface area contributed by atoms with Crippen LogP contribution in [0.2, 0.25) is 5.15 Å². The number of halogens is 1. The predicted octanol–water partition coefficient (Wildman–Crippen LogP) is 2.85. The van der Waals surface area contributed by atoms with E-state index in [1.54, 1.807) is 18.2 Å². The molecule has 22 heavy (non-hydrogen) atoms. The van der Waals surface area contributed by atoms with Crippen LogP contribution in [0.5, 0.6) is 0 Å². The summed E-state index contributed by atoms with van der Waals surface area (Å²) >= 11 is 6.00. The second kappa shape index (κ2) is 6.75. The Labute approximate surface area is 134 Å². The van der Waals surface area contributed by atoms with Crippen molar-refractivity contribution in [2.75, 3.05) is 18.4 Å². The van der Waals surface area contributed by atoms with Crippen molar-refractivity contribution in [2.24, 2.45) is 0 Å². The minimum absolute atomic E-state index is 0.0817. The van der Waals surface area contributed by atoms with Gasteiger partial charge in [-0.05, 0) is 25.0 Å². The van der Waals surface area contributed by atoms with Crippen molar-refractivity contribution in [3.05, 3.63) is 52.9 Å². The van der Waals surface area contributed by atoms with Crippen LogP contribution in [0.1, 0.15) is 34.9 Å². The van der Waals surface area contributed by atoms with Crippen LogP contribution in [0.4, 0.5) is 5.82 Å². The third kappa shape index (κ3) is 3.95. The molecule has 2 N–H and O–H groups in total. The molecule has 0 unspecified atom stereocenters. The highest BCUT2D eigenvalue weighted by atomic mass is 35.5. The third-order valence-electron chi connectivity index (χ3n) is 3.41. The van der Waals surface area contributed by atoms with Gasteiger partial charge in [0.05, 0.1) is 0 Å². The van der Waals surface area contributed by atoms with Gasteiger partial charge in [-0.25, -0.2) is 9.97 Å². The van der Waals surface area contributed by atoms with Gasteiger partial charge in [0.15, 0.2) is 0 Å². The second-order valence-electron chi connectivity index (χ2n) is 5.26. The van der Waals surface area contributed by atoms with Gasteiger partial charge in [0, 0.05) is 30.6 Å². The number of rotatable bonds is 6. The Bertz CT molecular complexity index is 658. The average molecular weight is 317 g/mol. The zero-order chi connectivity index (χ0) is 15.4. The maximum Gasteiger partial charge on any atom is 0.251 e. The molecular formula is C16H17ClN4O. The highest BCUT2D eigenvalue weighted by Gasteiger charge is 2.27. The summed E-state index contributed by atoms with van der Waals surface area (Å²) in [6.45, 7) is 1.09. The Kier molecular flexibility index (Phi) is 4.53. The summed E-state index contributed by atoms with van der Waals surface area (Å²) in [7, 11) is 0. The molecule has 0 radical (unpaired) electrons. The van der Waals surface area contributed by atoms with Crippen molar-refractivity contribution in [2.45, 2.75) is 18.8 Å².